The van der Waals surface area contributed by atoms with Crippen molar-refractivity contribution in [1.29, 1.82) is 0 Å². The number of alkyl halides is 5. The smallest absolute Gasteiger partial charge is 0.268 e. The van der Waals surface area contributed by atoms with Crippen LogP contribution in [-0.4, -0.2) is 4.57 Å². The van der Waals surface area contributed by atoms with Gasteiger partial charge in [0.15, 0.2) is 0 Å². The minimum Gasteiger partial charge on any atom is -0.268 e. The maximum absolute atomic E-state index is 12.2. The van der Waals surface area contributed by atoms with Crippen LogP contribution in [0.5, 0.6) is 0 Å². The molecule has 1 heterocycles. The van der Waals surface area contributed by atoms with E-state index in [9.17, 15) is 26.7 Å². The predicted octanol–water partition coefficient (Wildman–Crippen LogP) is 3.02. The molecule has 0 aliphatic carbocycles. The molecule has 0 N–H and O–H groups in total. The molecular weight excluding hydrogens is 289 g/mol. The van der Waals surface area contributed by atoms with Gasteiger partial charge in [0.2, 0.25) is 0 Å². The lowest BCUT2D eigenvalue weighted by Crippen LogP contribution is -2.23. The zero-order valence-corrected chi connectivity index (χ0v) is 8.44. The molecule has 84 valence electrons. The molecule has 0 amide bonds. The Kier molecular flexibility index (Phi) is 3.17. The second-order valence-electron chi connectivity index (χ2n) is 2.56. The van der Waals surface area contributed by atoms with Crippen molar-refractivity contribution < 1.29 is 22.0 Å². The van der Waals surface area contributed by atoms with Crippen LogP contribution < -0.4 is 5.56 Å². The summed E-state index contributed by atoms with van der Waals surface area (Å²) in [6, 6.07) is 0.460. The van der Waals surface area contributed by atoms with Gasteiger partial charge in [0.05, 0.1) is 10.0 Å². The normalized spacial score (nSPS) is 12.2. The highest BCUT2D eigenvalue weighted by atomic mass is 79.9. The van der Waals surface area contributed by atoms with Crippen molar-refractivity contribution in [1.82, 2.24) is 4.57 Å². The molecule has 0 fully saturated rings. The molecule has 8 heteroatoms. The second kappa shape index (κ2) is 3.92. The number of nitrogens with zero attached hydrogens (tertiary/aromatic N) is 1. The monoisotopic (exact) mass is 291 g/mol. The van der Waals surface area contributed by atoms with Gasteiger partial charge in [-0.15, -0.1) is 0 Å². The summed E-state index contributed by atoms with van der Waals surface area (Å²) in [5.41, 5.74) is -2.52. The molecule has 1 rings (SSSR count). The van der Waals surface area contributed by atoms with Crippen molar-refractivity contribution in [3.63, 3.8) is 0 Å². The largest absolute Gasteiger partial charge is 0.417 e. The number of halogens is 6. The maximum Gasteiger partial charge on any atom is 0.417 e. The lowest BCUT2D eigenvalue weighted by atomic mass is 10.3. The number of rotatable bonds is 1. The predicted molar refractivity (Wildman–Crippen MR) is 44.7 cm³/mol. The fraction of sp³-hybridized carbons (Fsp3) is 0.286. The number of hydrogen-bond donors (Lipinski definition) is 0. The van der Waals surface area contributed by atoms with E-state index in [-0.39, 0.29) is 10.8 Å². The SMILES string of the molecule is O=c1c(Br)cc(C(F)(F)F)cn1C(F)F. The lowest BCUT2D eigenvalue weighted by Gasteiger charge is -2.10. The van der Waals surface area contributed by atoms with Crippen LogP contribution in [-0.2, 0) is 6.18 Å². The van der Waals surface area contributed by atoms with Crippen molar-refractivity contribution in [2.24, 2.45) is 0 Å². The third-order valence-electron chi connectivity index (χ3n) is 1.54. The zero-order chi connectivity index (χ0) is 11.8. The van der Waals surface area contributed by atoms with E-state index in [1.165, 1.54) is 0 Å². The highest BCUT2D eigenvalue weighted by Crippen LogP contribution is 2.30. The van der Waals surface area contributed by atoms with E-state index in [2.05, 4.69) is 15.9 Å². The average Bonchev–Trinajstić information content (AvgIpc) is 2.06. The molecule has 0 aromatic carbocycles. The van der Waals surface area contributed by atoms with Gasteiger partial charge in [-0.2, -0.15) is 22.0 Å². The summed E-state index contributed by atoms with van der Waals surface area (Å²) in [4.78, 5) is 11.0. The van der Waals surface area contributed by atoms with Crippen LogP contribution in [0.1, 0.15) is 12.1 Å². The minimum atomic E-state index is -4.77. The molecule has 15 heavy (non-hydrogen) atoms. The van der Waals surface area contributed by atoms with Gasteiger partial charge < -0.3 is 0 Å². The molecular formula is C7H3BrF5NO. The van der Waals surface area contributed by atoms with Crippen molar-refractivity contribution >= 4 is 15.9 Å². The lowest BCUT2D eigenvalue weighted by molar-refractivity contribution is -0.138. The van der Waals surface area contributed by atoms with Crippen molar-refractivity contribution in [3.8, 4) is 0 Å². The fourth-order valence-corrected chi connectivity index (χ4v) is 1.32. The quantitative estimate of drug-likeness (QED) is 0.729. The Balaban J connectivity index is 3.43. The molecule has 0 aliphatic rings. The summed E-state index contributed by atoms with van der Waals surface area (Å²) < 4.78 is 59.9. The summed E-state index contributed by atoms with van der Waals surface area (Å²) in [6.45, 7) is -3.31. The van der Waals surface area contributed by atoms with E-state index >= 15 is 0 Å². The van der Waals surface area contributed by atoms with Gasteiger partial charge in [0.1, 0.15) is 0 Å². The molecule has 0 spiro atoms. The van der Waals surface area contributed by atoms with E-state index < -0.39 is 28.3 Å². The van der Waals surface area contributed by atoms with Gasteiger partial charge in [0, 0.05) is 6.20 Å². The maximum atomic E-state index is 12.2. The van der Waals surface area contributed by atoms with Crippen LogP contribution in [0.3, 0.4) is 0 Å². The first-order valence-electron chi connectivity index (χ1n) is 3.50. The van der Waals surface area contributed by atoms with E-state index in [0.29, 0.717) is 6.07 Å². The molecule has 0 aliphatic heterocycles. The van der Waals surface area contributed by atoms with Gasteiger partial charge >= 0.3 is 12.7 Å². The van der Waals surface area contributed by atoms with Crippen molar-refractivity contribution in [2.75, 3.05) is 0 Å². The number of aromatic nitrogens is 1. The van der Waals surface area contributed by atoms with Crippen LogP contribution >= 0.6 is 15.9 Å². The molecule has 0 radical (unpaired) electrons. The Morgan fingerprint density at radius 3 is 2.27 bits per heavy atom. The van der Waals surface area contributed by atoms with Crippen LogP contribution in [0.15, 0.2) is 21.5 Å². The number of hydrogen-bond acceptors (Lipinski definition) is 1. The molecule has 2 nitrogen and oxygen atoms in total. The topological polar surface area (TPSA) is 22.0 Å². The molecule has 0 saturated carbocycles. The highest BCUT2D eigenvalue weighted by Gasteiger charge is 2.32. The first-order chi connectivity index (χ1) is 6.73. The molecule has 0 bridgehead atoms. The number of pyridine rings is 1. The van der Waals surface area contributed by atoms with Gasteiger partial charge in [-0.05, 0) is 22.0 Å². The third-order valence-corrected chi connectivity index (χ3v) is 2.10. The molecule has 1 aromatic heterocycles. The standard InChI is InChI=1S/C7H3BrF5NO/c8-4-1-3(7(11,12)13)2-14(5(4)15)6(9)10/h1-2,6H. The molecule has 0 unspecified atom stereocenters. The van der Waals surface area contributed by atoms with E-state index in [1.807, 2.05) is 0 Å². The Bertz CT molecular complexity index is 424. The summed E-state index contributed by atoms with van der Waals surface area (Å²) in [6.07, 6.45) is -4.69. The Morgan fingerprint density at radius 1 is 1.33 bits per heavy atom. The highest BCUT2D eigenvalue weighted by molar-refractivity contribution is 9.10. The molecule has 1 aromatic rings. The van der Waals surface area contributed by atoms with Gasteiger partial charge in [0.25, 0.3) is 5.56 Å². The molecule has 0 saturated heterocycles. The first kappa shape index (κ1) is 12.2. The van der Waals surface area contributed by atoms with Gasteiger partial charge in [-0.1, -0.05) is 0 Å². The summed E-state index contributed by atoms with van der Waals surface area (Å²) in [5, 5.41) is 0. The third kappa shape index (κ3) is 2.55. The Morgan fingerprint density at radius 2 is 1.87 bits per heavy atom. The summed E-state index contributed by atoms with van der Waals surface area (Å²) in [5.74, 6) is 0. The van der Waals surface area contributed by atoms with E-state index in [0.717, 1.165) is 0 Å². The van der Waals surface area contributed by atoms with Crippen LogP contribution in [0, 0.1) is 0 Å². The summed E-state index contributed by atoms with van der Waals surface area (Å²) >= 11 is 2.49. The second-order valence-corrected chi connectivity index (χ2v) is 3.42. The van der Waals surface area contributed by atoms with Crippen LogP contribution in [0.4, 0.5) is 22.0 Å². The average molecular weight is 292 g/mol. The van der Waals surface area contributed by atoms with Crippen molar-refractivity contribution in [2.45, 2.75) is 12.7 Å². The Labute approximate surface area is 88.4 Å². The van der Waals surface area contributed by atoms with Gasteiger partial charge in [-0.3, -0.25) is 9.36 Å². The van der Waals surface area contributed by atoms with Crippen molar-refractivity contribution in [3.05, 3.63) is 32.7 Å². The fourth-order valence-electron chi connectivity index (χ4n) is 0.867. The summed E-state index contributed by atoms with van der Waals surface area (Å²) in [7, 11) is 0. The van der Waals surface area contributed by atoms with E-state index in [1.54, 1.807) is 0 Å². The van der Waals surface area contributed by atoms with E-state index in [4.69, 9.17) is 0 Å². The van der Waals surface area contributed by atoms with Crippen LogP contribution in [0.2, 0.25) is 0 Å². The first-order valence-corrected chi connectivity index (χ1v) is 4.30. The molecule has 0 atom stereocenters. The van der Waals surface area contributed by atoms with Gasteiger partial charge in [-0.25, -0.2) is 0 Å². The van der Waals surface area contributed by atoms with Crippen LogP contribution in [0.25, 0.3) is 0 Å². The minimum absolute atomic E-state index is 0.0811. The Hall–Kier alpha value is -0.920. The zero-order valence-electron chi connectivity index (χ0n) is 6.86.